The van der Waals surface area contributed by atoms with Gasteiger partial charge in [-0.15, -0.1) is 11.3 Å². The van der Waals surface area contributed by atoms with E-state index in [1.807, 2.05) is 30.3 Å². The number of halogens is 3. The number of hydrogen-bond donors (Lipinski definition) is 1. The highest BCUT2D eigenvalue weighted by Gasteiger charge is 2.34. The number of nitrogens with one attached hydrogen (secondary N) is 1. The number of hydrogen-bond acceptors (Lipinski definition) is 4. The Bertz CT molecular complexity index is 857. The molecule has 1 N–H and O–H groups in total. The summed E-state index contributed by atoms with van der Waals surface area (Å²) in [7, 11) is 0. The molecule has 1 fully saturated rings. The first-order chi connectivity index (χ1) is 13.3. The molecule has 5 nitrogen and oxygen atoms in total. The second-order valence-electron chi connectivity index (χ2n) is 6.37. The van der Waals surface area contributed by atoms with Crippen molar-refractivity contribution in [2.45, 2.75) is 19.0 Å². The van der Waals surface area contributed by atoms with Crippen molar-refractivity contribution in [3.05, 3.63) is 53.0 Å². The molecule has 0 aliphatic carbocycles. The van der Waals surface area contributed by atoms with Crippen LogP contribution in [0.1, 0.15) is 24.1 Å². The number of nitrogens with zero attached hydrogens (tertiary/aromatic N) is 2. The molecule has 1 aliphatic rings. The Morgan fingerprint density at radius 3 is 2.46 bits per heavy atom. The zero-order chi connectivity index (χ0) is 20.1. The van der Waals surface area contributed by atoms with E-state index in [-0.39, 0.29) is 22.9 Å². The zero-order valence-electron chi connectivity index (χ0n) is 14.8. The molecule has 2 amide bonds. The molecule has 1 saturated heterocycles. The predicted octanol–water partition coefficient (Wildman–Crippen LogP) is 4.05. The minimum Gasteiger partial charge on any atom is -0.339 e. The van der Waals surface area contributed by atoms with Gasteiger partial charge in [-0.2, -0.15) is 13.2 Å². The molecule has 1 aromatic heterocycles. The summed E-state index contributed by atoms with van der Waals surface area (Å²) in [6, 6.07) is 9.44. The minimum atomic E-state index is -4.53. The van der Waals surface area contributed by atoms with Gasteiger partial charge in [-0.25, -0.2) is 4.98 Å². The average Bonchev–Trinajstić information content (AvgIpc) is 3.16. The van der Waals surface area contributed by atoms with E-state index in [1.54, 1.807) is 11.0 Å². The van der Waals surface area contributed by atoms with E-state index in [9.17, 15) is 22.8 Å². The fourth-order valence-electron chi connectivity index (χ4n) is 2.87. The highest BCUT2D eigenvalue weighted by atomic mass is 32.1. The highest BCUT2D eigenvalue weighted by Crippen LogP contribution is 2.32. The van der Waals surface area contributed by atoms with Crippen LogP contribution in [-0.4, -0.2) is 34.8 Å². The zero-order valence-corrected chi connectivity index (χ0v) is 15.6. The number of anilines is 1. The quantitative estimate of drug-likeness (QED) is 0.775. The molecule has 9 heteroatoms. The van der Waals surface area contributed by atoms with Crippen molar-refractivity contribution in [2.75, 3.05) is 18.4 Å². The summed E-state index contributed by atoms with van der Waals surface area (Å²) in [5, 5.41) is 3.25. The molecule has 1 aliphatic heterocycles. The molecule has 0 saturated carbocycles. The van der Waals surface area contributed by atoms with Gasteiger partial charge in [0.05, 0.1) is 0 Å². The molecule has 1 aromatic carbocycles. The van der Waals surface area contributed by atoms with Crippen LogP contribution in [0.25, 0.3) is 6.08 Å². The number of benzene rings is 1. The average molecular weight is 409 g/mol. The standard InChI is InChI=1S/C19H18F3N3O2S/c20-19(21,22)15-12-28-18(23-15)24-17(27)14-8-10-25(11-9-14)16(26)7-6-13-4-2-1-3-5-13/h1-7,12,14H,8-11H2,(H,23,24,27)/b7-6+. The Hall–Kier alpha value is -2.68. The largest absolute Gasteiger partial charge is 0.434 e. The topological polar surface area (TPSA) is 62.3 Å². The maximum atomic E-state index is 12.6. The number of aromatic nitrogens is 1. The van der Waals surface area contributed by atoms with Gasteiger partial charge in [0.25, 0.3) is 0 Å². The molecule has 2 aromatic rings. The van der Waals surface area contributed by atoms with E-state index in [1.165, 1.54) is 6.08 Å². The Balaban J connectivity index is 1.49. The van der Waals surface area contributed by atoms with Crippen LogP contribution in [0.3, 0.4) is 0 Å². The van der Waals surface area contributed by atoms with Crippen molar-refractivity contribution in [3.8, 4) is 0 Å². The maximum absolute atomic E-state index is 12.6. The minimum absolute atomic E-state index is 0.0679. The first kappa shape index (κ1) is 20.1. The van der Waals surface area contributed by atoms with Gasteiger partial charge in [-0.3, -0.25) is 9.59 Å². The number of carbonyl (C=O) groups is 2. The van der Waals surface area contributed by atoms with Crippen molar-refractivity contribution in [1.29, 1.82) is 0 Å². The third kappa shape index (κ3) is 5.19. The third-order valence-corrected chi connectivity index (χ3v) is 5.18. The lowest BCUT2D eigenvalue weighted by Crippen LogP contribution is -2.40. The van der Waals surface area contributed by atoms with E-state index in [0.717, 1.165) is 22.3 Å². The summed E-state index contributed by atoms with van der Waals surface area (Å²) >= 11 is 0.742. The molecule has 0 spiro atoms. The molecular formula is C19H18F3N3O2S. The van der Waals surface area contributed by atoms with E-state index in [2.05, 4.69) is 10.3 Å². The molecule has 0 unspecified atom stereocenters. The van der Waals surface area contributed by atoms with Crippen LogP contribution in [0.4, 0.5) is 18.3 Å². The Morgan fingerprint density at radius 1 is 1.18 bits per heavy atom. The van der Waals surface area contributed by atoms with Gasteiger partial charge in [0.1, 0.15) is 0 Å². The lowest BCUT2D eigenvalue weighted by atomic mass is 9.96. The maximum Gasteiger partial charge on any atom is 0.434 e. The van der Waals surface area contributed by atoms with Gasteiger partial charge in [-0.05, 0) is 24.5 Å². The molecule has 28 heavy (non-hydrogen) atoms. The van der Waals surface area contributed by atoms with Gasteiger partial charge in [0.2, 0.25) is 11.8 Å². The molecule has 0 bridgehead atoms. The van der Waals surface area contributed by atoms with Crippen LogP contribution in [0.5, 0.6) is 0 Å². The van der Waals surface area contributed by atoms with Gasteiger partial charge in [0, 0.05) is 30.5 Å². The smallest absolute Gasteiger partial charge is 0.339 e. The number of carbonyl (C=O) groups excluding carboxylic acids is 2. The molecule has 3 rings (SSSR count). The van der Waals surface area contributed by atoms with E-state index in [0.29, 0.717) is 25.9 Å². The first-order valence-electron chi connectivity index (χ1n) is 8.68. The molecular weight excluding hydrogens is 391 g/mol. The molecule has 148 valence electrons. The monoisotopic (exact) mass is 409 g/mol. The van der Waals surface area contributed by atoms with Crippen LogP contribution in [0, 0.1) is 5.92 Å². The van der Waals surface area contributed by atoms with Crippen LogP contribution >= 0.6 is 11.3 Å². The second kappa shape index (κ2) is 8.55. The fraction of sp³-hybridized carbons (Fsp3) is 0.316. The summed E-state index contributed by atoms with van der Waals surface area (Å²) in [6.07, 6.45) is -0.382. The number of alkyl halides is 3. The van der Waals surface area contributed by atoms with Crippen LogP contribution < -0.4 is 5.32 Å². The lowest BCUT2D eigenvalue weighted by Gasteiger charge is -2.30. The van der Waals surface area contributed by atoms with Crippen molar-refractivity contribution >= 4 is 34.4 Å². The van der Waals surface area contributed by atoms with Gasteiger partial charge in [0.15, 0.2) is 10.8 Å². The van der Waals surface area contributed by atoms with Gasteiger partial charge < -0.3 is 10.2 Å². The van der Waals surface area contributed by atoms with Crippen LogP contribution in [-0.2, 0) is 15.8 Å². The third-order valence-electron chi connectivity index (χ3n) is 4.42. The van der Waals surface area contributed by atoms with E-state index < -0.39 is 11.9 Å². The Morgan fingerprint density at radius 2 is 1.86 bits per heavy atom. The van der Waals surface area contributed by atoms with Crippen LogP contribution in [0.15, 0.2) is 41.8 Å². The van der Waals surface area contributed by atoms with Crippen LogP contribution in [0.2, 0.25) is 0 Å². The lowest BCUT2D eigenvalue weighted by molar-refractivity contribution is -0.140. The highest BCUT2D eigenvalue weighted by molar-refractivity contribution is 7.13. The van der Waals surface area contributed by atoms with E-state index in [4.69, 9.17) is 0 Å². The molecule has 0 radical (unpaired) electrons. The Labute approximate surface area is 163 Å². The summed E-state index contributed by atoms with van der Waals surface area (Å²) in [6.45, 7) is 0.837. The Kier molecular flexibility index (Phi) is 6.13. The fourth-order valence-corrected chi connectivity index (χ4v) is 3.59. The summed E-state index contributed by atoms with van der Waals surface area (Å²) in [5.74, 6) is -0.854. The second-order valence-corrected chi connectivity index (χ2v) is 7.23. The summed E-state index contributed by atoms with van der Waals surface area (Å²) in [4.78, 5) is 29.6. The number of likely N-dealkylation sites (tertiary alicyclic amines) is 1. The van der Waals surface area contributed by atoms with E-state index >= 15 is 0 Å². The first-order valence-corrected chi connectivity index (χ1v) is 9.56. The van der Waals surface area contributed by atoms with Gasteiger partial charge >= 0.3 is 6.18 Å². The number of thiazole rings is 1. The normalized spacial score (nSPS) is 15.8. The molecule has 0 atom stereocenters. The summed E-state index contributed by atoms with van der Waals surface area (Å²) < 4.78 is 37.7. The number of amides is 2. The van der Waals surface area contributed by atoms with Crippen molar-refractivity contribution in [2.24, 2.45) is 5.92 Å². The van der Waals surface area contributed by atoms with Crippen molar-refractivity contribution < 1.29 is 22.8 Å². The van der Waals surface area contributed by atoms with Crippen molar-refractivity contribution in [1.82, 2.24) is 9.88 Å². The summed E-state index contributed by atoms with van der Waals surface area (Å²) in [5.41, 5.74) is -0.0924. The SMILES string of the molecule is O=C(Nc1nc(C(F)(F)F)cs1)C1CCN(C(=O)/C=C/c2ccccc2)CC1. The number of rotatable bonds is 4. The molecule has 2 heterocycles. The van der Waals surface area contributed by atoms with Gasteiger partial charge in [-0.1, -0.05) is 30.3 Å². The number of piperidine rings is 1. The van der Waals surface area contributed by atoms with Crippen molar-refractivity contribution in [3.63, 3.8) is 0 Å². The predicted molar refractivity (Wildman–Crippen MR) is 101 cm³/mol.